The first-order chi connectivity index (χ1) is 7.24. The molecule has 0 saturated heterocycles. The Hall–Kier alpha value is -0.260. The molecule has 2 aliphatic carbocycles. The first-order valence-electron chi connectivity index (χ1n) is 6.92. The molecule has 0 radical (unpaired) electrons. The molecule has 0 aromatic heterocycles. The van der Waals surface area contributed by atoms with Gasteiger partial charge in [0.15, 0.2) is 0 Å². The van der Waals surface area contributed by atoms with Crippen LogP contribution >= 0.6 is 0 Å². The molecule has 2 unspecified atom stereocenters. The maximum atomic E-state index is 2.59. The first kappa shape index (κ1) is 12.2. The molecular formula is C16H28. The highest BCUT2D eigenvalue weighted by Crippen LogP contribution is 2.59. The summed E-state index contributed by atoms with van der Waals surface area (Å²) >= 11 is 0. The molecule has 0 N–H and O–H groups in total. The molecule has 16 heavy (non-hydrogen) atoms. The van der Waals surface area contributed by atoms with E-state index in [0.29, 0.717) is 10.8 Å². The van der Waals surface area contributed by atoms with Crippen molar-refractivity contribution in [2.24, 2.45) is 28.6 Å². The fourth-order valence-electron chi connectivity index (χ4n) is 4.57. The largest absolute Gasteiger partial charge is 0.0819 e. The summed E-state index contributed by atoms with van der Waals surface area (Å²) in [5.41, 5.74) is 2.70. The second-order valence-electron chi connectivity index (χ2n) is 7.67. The fourth-order valence-corrected chi connectivity index (χ4v) is 4.57. The lowest BCUT2D eigenvalue weighted by Crippen LogP contribution is -2.33. The summed E-state index contributed by atoms with van der Waals surface area (Å²) in [5, 5.41) is 0. The molecule has 0 aliphatic heterocycles. The van der Waals surface area contributed by atoms with E-state index < -0.39 is 0 Å². The number of hydrogen-bond donors (Lipinski definition) is 0. The van der Waals surface area contributed by atoms with E-state index >= 15 is 0 Å². The number of rotatable bonds is 1. The van der Waals surface area contributed by atoms with Gasteiger partial charge in [-0.3, -0.25) is 0 Å². The lowest BCUT2D eigenvalue weighted by Gasteiger charge is -2.39. The van der Waals surface area contributed by atoms with Gasteiger partial charge >= 0.3 is 0 Å². The molecule has 92 valence electrons. The molecule has 0 aromatic rings. The average Bonchev–Trinajstić information content (AvgIpc) is 2.52. The van der Waals surface area contributed by atoms with E-state index in [2.05, 4.69) is 47.6 Å². The molecule has 0 heterocycles. The molecule has 0 bridgehead atoms. The molecule has 0 heteroatoms. The van der Waals surface area contributed by atoms with Gasteiger partial charge in [-0.2, -0.15) is 0 Å². The van der Waals surface area contributed by atoms with Crippen LogP contribution in [-0.4, -0.2) is 0 Å². The van der Waals surface area contributed by atoms with Crippen molar-refractivity contribution in [1.82, 2.24) is 0 Å². The topological polar surface area (TPSA) is 0 Å². The zero-order chi connectivity index (χ0) is 12.1. The van der Waals surface area contributed by atoms with Crippen molar-refractivity contribution in [1.29, 1.82) is 0 Å². The Kier molecular flexibility index (Phi) is 2.76. The van der Waals surface area contributed by atoms with Gasteiger partial charge in [0.25, 0.3) is 0 Å². The third kappa shape index (κ3) is 1.85. The van der Waals surface area contributed by atoms with Crippen LogP contribution < -0.4 is 0 Å². The standard InChI is InChI=1S/C16H28/c1-11-9-13(10-12(11)2)14-15(3,4)7-8-16(14,5)6/h9,12-14H,7-8,10H2,1-6H3. The van der Waals surface area contributed by atoms with Crippen molar-refractivity contribution in [2.45, 2.75) is 60.8 Å². The summed E-state index contributed by atoms with van der Waals surface area (Å²) in [6, 6.07) is 0. The third-order valence-corrected chi connectivity index (χ3v) is 5.41. The van der Waals surface area contributed by atoms with Gasteiger partial charge in [-0.05, 0) is 54.8 Å². The zero-order valence-electron chi connectivity index (χ0n) is 11.9. The minimum atomic E-state index is 0.537. The van der Waals surface area contributed by atoms with E-state index in [-0.39, 0.29) is 0 Å². The van der Waals surface area contributed by atoms with Gasteiger partial charge in [0.05, 0.1) is 0 Å². The lowest BCUT2D eigenvalue weighted by atomic mass is 9.65. The average molecular weight is 220 g/mol. The quantitative estimate of drug-likeness (QED) is 0.542. The van der Waals surface area contributed by atoms with Crippen LogP contribution in [0, 0.1) is 28.6 Å². The molecule has 1 fully saturated rings. The lowest BCUT2D eigenvalue weighted by molar-refractivity contribution is 0.105. The van der Waals surface area contributed by atoms with E-state index in [0.717, 1.165) is 17.8 Å². The second kappa shape index (κ2) is 3.62. The minimum Gasteiger partial charge on any atom is -0.0819 e. The van der Waals surface area contributed by atoms with E-state index in [1.807, 2.05) is 0 Å². The molecule has 0 spiro atoms. The Balaban J connectivity index is 2.26. The Morgan fingerprint density at radius 3 is 1.94 bits per heavy atom. The highest BCUT2D eigenvalue weighted by Gasteiger charge is 2.50. The van der Waals surface area contributed by atoms with E-state index in [1.54, 1.807) is 5.57 Å². The second-order valence-corrected chi connectivity index (χ2v) is 7.67. The van der Waals surface area contributed by atoms with E-state index in [9.17, 15) is 0 Å². The van der Waals surface area contributed by atoms with Gasteiger partial charge in [0.1, 0.15) is 0 Å². The Morgan fingerprint density at radius 2 is 1.56 bits per heavy atom. The minimum absolute atomic E-state index is 0.537. The Labute approximate surface area is 102 Å². The highest BCUT2D eigenvalue weighted by molar-refractivity contribution is 5.16. The maximum Gasteiger partial charge on any atom is -0.0187 e. The first-order valence-corrected chi connectivity index (χ1v) is 6.92. The van der Waals surface area contributed by atoms with Crippen molar-refractivity contribution in [3.63, 3.8) is 0 Å². The Bertz CT molecular complexity index is 290. The van der Waals surface area contributed by atoms with Crippen molar-refractivity contribution in [2.75, 3.05) is 0 Å². The van der Waals surface area contributed by atoms with Crippen LogP contribution in [-0.2, 0) is 0 Å². The molecule has 0 aromatic carbocycles. The van der Waals surface area contributed by atoms with Crippen LogP contribution in [0.5, 0.6) is 0 Å². The summed E-state index contributed by atoms with van der Waals surface area (Å²) in [4.78, 5) is 0. The van der Waals surface area contributed by atoms with Crippen molar-refractivity contribution in [3.8, 4) is 0 Å². The SMILES string of the molecule is CC1=CC(C2C(C)(C)CCC2(C)C)CC1C. The van der Waals surface area contributed by atoms with Crippen molar-refractivity contribution in [3.05, 3.63) is 11.6 Å². The van der Waals surface area contributed by atoms with E-state index in [4.69, 9.17) is 0 Å². The highest BCUT2D eigenvalue weighted by atomic mass is 14.5. The maximum absolute atomic E-state index is 2.59. The van der Waals surface area contributed by atoms with Gasteiger partial charge in [-0.25, -0.2) is 0 Å². The van der Waals surface area contributed by atoms with Gasteiger partial charge < -0.3 is 0 Å². The van der Waals surface area contributed by atoms with Crippen LogP contribution in [0.3, 0.4) is 0 Å². The summed E-state index contributed by atoms with van der Waals surface area (Å²) in [6.07, 6.45) is 6.79. The fraction of sp³-hybridized carbons (Fsp3) is 0.875. The van der Waals surface area contributed by atoms with Crippen molar-refractivity contribution < 1.29 is 0 Å². The Morgan fingerprint density at radius 1 is 1.06 bits per heavy atom. The third-order valence-electron chi connectivity index (χ3n) is 5.41. The molecule has 2 rings (SSSR count). The van der Waals surface area contributed by atoms with Gasteiger partial charge in [0.2, 0.25) is 0 Å². The number of hydrogen-bond acceptors (Lipinski definition) is 0. The number of allylic oxidation sites excluding steroid dienone is 2. The molecule has 1 saturated carbocycles. The smallest absolute Gasteiger partial charge is 0.0187 e. The van der Waals surface area contributed by atoms with Gasteiger partial charge in [0, 0.05) is 0 Å². The summed E-state index contributed by atoms with van der Waals surface area (Å²) < 4.78 is 0. The molecular weight excluding hydrogens is 192 g/mol. The van der Waals surface area contributed by atoms with Crippen LogP contribution in [0.25, 0.3) is 0 Å². The normalized spacial score (nSPS) is 37.8. The zero-order valence-corrected chi connectivity index (χ0v) is 11.9. The summed E-state index contributed by atoms with van der Waals surface area (Å²) in [7, 11) is 0. The summed E-state index contributed by atoms with van der Waals surface area (Å²) in [6.45, 7) is 14.6. The predicted octanol–water partition coefficient (Wildman–Crippen LogP) is 5.05. The summed E-state index contributed by atoms with van der Waals surface area (Å²) in [5.74, 6) is 2.53. The van der Waals surface area contributed by atoms with Crippen LogP contribution in [0.1, 0.15) is 60.8 Å². The molecule has 2 atom stereocenters. The van der Waals surface area contributed by atoms with Gasteiger partial charge in [-0.1, -0.05) is 46.3 Å². The molecule has 0 nitrogen and oxygen atoms in total. The van der Waals surface area contributed by atoms with E-state index in [1.165, 1.54) is 19.3 Å². The van der Waals surface area contributed by atoms with Crippen LogP contribution in [0.15, 0.2) is 11.6 Å². The molecule has 2 aliphatic rings. The monoisotopic (exact) mass is 220 g/mol. The van der Waals surface area contributed by atoms with Gasteiger partial charge in [-0.15, -0.1) is 0 Å². The predicted molar refractivity (Wildman–Crippen MR) is 71.3 cm³/mol. The molecule has 0 amide bonds. The van der Waals surface area contributed by atoms with Crippen molar-refractivity contribution >= 4 is 0 Å². The van der Waals surface area contributed by atoms with Crippen LogP contribution in [0.2, 0.25) is 0 Å². The van der Waals surface area contributed by atoms with Crippen LogP contribution in [0.4, 0.5) is 0 Å².